The van der Waals surface area contributed by atoms with E-state index in [0.717, 1.165) is 10.5 Å². The maximum absolute atomic E-state index is 11.9. The number of hydrogen-bond donors (Lipinski definition) is 0. The minimum absolute atomic E-state index is 0.566. The number of hydrogen-bond acceptors (Lipinski definition) is 1. The van der Waals surface area contributed by atoms with Crippen LogP contribution < -0.4 is 0 Å². The van der Waals surface area contributed by atoms with Crippen LogP contribution in [0.1, 0.15) is 6.92 Å². The van der Waals surface area contributed by atoms with Crippen LogP contribution in [0.2, 0.25) is 0 Å². The summed E-state index contributed by atoms with van der Waals surface area (Å²) in [5, 5.41) is 0. The lowest BCUT2D eigenvalue weighted by Crippen LogP contribution is -1.95. The molecule has 2 heteroatoms. The van der Waals surface area contributed by atoms with E-state index in [1.165, 1.54) is 0 Å². The minimum atomic E-state index is -1.21. The molecule has 0 aromatic heterocycles. The standard InChI is InChI=1S/C12H12OS/c1-4-12(10(2)3)14(13)11-8-6-5-7-9-11/h5-9H,1-2H2,3H3. The van der Waals surface area contributed by atoms with E-state index in [1.807, 2.05) is 30.3 Å². The first-order valence-electron chi connectivity index (χ1n) is 4.19. The molecule has 0 aliphatic rings. The Hall–Kier alpha value is -1.37. The Kier molecular flexibility index (Phi) is 3.63. The summed E-state index contributed by atoms with van der Waals surface area (Å²) in [5.41, 5.74) is 3.40. The van der Waals surface area contributed by atoms with Crippen molar-refractivity contribution in [2.24, 2.45) is 0 Å². The van der Waals surface area contributed by atoms with Crippen molar-refractivity contribution in [1.29, 1.82) is 0 Å². The predicted octanol–water partition coefficient (Wildman–Crippen LogP) is 3.04. The van der Waals surface area contributed by atoms with Gasteiger partial charge in [-0.05, 0) is 24.6 Å². The quantitative estimate of drug-likeness (QED) is 0.546. The van der Waals surface area contributed by atoms with Gasteiger partial charge in [-0.25, -0.2) is 4.21 Å². The first-order valence-corrected chi connectivity index (χ1v) is 5.34. The summed E-state index contributed by atoms with van der Waals surface area (Å²) >= 11 is 0. The van der Waals surface area contributed by atoms with E-state index >= 15 is 0 Å². The van der Waals surface area contributed by atoms with Crippen LogP contribution in [0.25, 0.3) is 0 Å². The summed E-state index contributed by atoms with van der Waals surface area (Å²) in [5.74, 6) is 0. The molecule has 0 amide bonds. The fourth-order valence-corrected chi connectivity index (χ4v) is 2.12. The Morgan fingerprint density at radius 1 is 1.36 bits per heavy atom. The molecule has 1 atom stereocenters. The van der Waals surface area contributed by atoms with Gasteiger partial charge < -0.3 is 0 Å². The van der Waals surface area contributed by atoms with Gasteiger partial charge in [0.1, 0.15) is 0 Å². The molecular formula is C12H12OS. The summed E-state index contributed by atoms with van der Waals surface area (Å²) < 4.78 is 11.9. The fourth-order valence-electron chi connectivity index (χ4n) is 1.04. The van der Waals surface area contributed by atoms with Gasteiger partial charge in [0.05, 0.1) is 15.7 Å². The Balaban J connectivity index is 3.09. The molecule has 1 rings (SSSR count). The third-order valence-electron chi connectivity index (χ3n) is 1.69. The van der Waals surface area contributed by atoms with Crippen LogP contribution >= 0.6 is 0 Å². The molecule has 0 fully saturated rings. The normalized spacial score (nSPS) is 11.5. The van der Waals surface area contributed by atoms with E-state index in [-0.39, 0.29) is 0 Å². The molecule has 1 aromatic rings. The van der Waals surface area contributed by atoms with Crippen LogP contribution in [0, 0.1) is 0 Å². The Morgan fingerprint density at radius 2 is 1.93 bits per heavy atom. The molecule has 0 aliphatic heterocycles. The number of rotatable bonds is 3. The van der Waals surface area contributed by atoms with Crippen LogP contribution in [0.4, 0.5) is 0 Å². The first kappa shape index (κ1) is 10.7. The topological polar surface area (TPSA) is 17.1 Å². The summed E-state index contributed by atoms with van der Waals surface area (Å²) in [6, 6.07) is 9.23. The predicted molar refractivity (Wildman–Crippen MR) is 60.3 cm³/mol. The van der Waals surface area contributed by atoms with Crippen molar-refractivity contribution in [3.8, 4) is 0 Å². The zero-order valence-electron chi connectivity index (χ0n) is 8.12. The highest BCUT2D eigenvalue weighted by Gasteiger charge is 2.09. The highest BCUT2D eigenvalue weighted by molar-refractivity contribution is 7.89. The van der Waals surface area contributed by atoms with E-state index < -0.39 is 10.8 Å². The molecule has 0 saturated heterocycles. The lowest BCUT2D eigenvalue weighted by atomic mass is 10.3. The van der Waals surface area contributed by atoms with E-state index in [2.05, 4.69) is 18.9 Å². The van der Waals surface area contributed by atoms with Crippen molar-refractivity contribution in [1.82, 2.24) is 0 Å². The van der Waals surface area contributed by atoms with Gasteiger partial charge in [0.25, 0.3) is 0 Å². The molecule has 1 unspecified atom stereocenters. The van der Waals surface area contributed by atoms with Crippen LogP contribution in [-0.4, -0.2) is 4.21 Å². The van der Waals surface area contributed by atoms with Crippen molar-refractivity contribution in [2.75, 3.05) is 0 Å². The largest absolute Gasteiger partial charge is 0.248 e. The molecule has 0 saturated carbocycles. The van der Waals surface area contributed by atoms with E-state index in [1.54, 1.807) is 6.92 Å². The zero-order valence-corrected chi connectivity index (χ0v) is 8.93. The van der Waals surface area contributed by atoms with Crippen LogP contribution in [0.3, 0.4) is 0 Å². The maximum atomic E-state index is 11.9. The molecule has 0 radical (unpaired) electrons. The van der Waals surface area contributed by atoms with Crippen LogP contribution in [0.15, 0.2) is 64.6 Å². The Morgan fingerprint density at radius 3 is 2.36 bits per heavy atom. The summed E-state index contributed by atoms with van der Waals surface area (Å²) in [6.07, 6.45) is 0. The second-order valence-corrected chi connectivity index (χ2v) is 4.29. The van der Waals surface area contributed by atoms with Crippen molar-refractivity contribution in [2.45, 2.75) is 11.8 Å². The molecule has 72 valence electrons. The van der Waals surface area contributed by atoms with Gasteiger partial charge in [0.2, 0.25) is 0 Å². The zero-order chi connectivity index (χ0) is 10.6. The molecule has 0 spiro atoms. The van der Waals surface area contributed by atoms with Crippen molar-refractivity contribution >= 4 is 10.8 Å². The molecule has 0 bridgehead atoms. The van der Waals surface area contributed by atoms with Gasteiger partial charge in [-0.3, -0.25) is 0 Å². The lowest BCUT2D eigenvalue weighted by Gasteiger charge is -2.03. The molecule has 0 aliphatic carbocycles. The van der Waals surface area contributed by atoms with Gasteiger partial charge in [0.15, 0.2) is 0 Å². The average Bonchev–Trinajstić information content (AvgIpc) is 2.19. The van der Waals surface area contributed by atoms with E-state index in [4.69, 9.17) is 0 Å². The van der Waals surface area contributed by atoms with Crippen LogP contribution in [0.5, 0.6) is 0 Å². The SMILES string of the molecule is C=C=C(C(=C)C)S(=O)c1ccccc1. The highest BCUT2D eigenvalue weighted by atomic mass is 32.2. The third kappa shape index (κ3) is 2.32. The smallest absolute Gasteiger partial charge is 0.0930 e. The lowest BCUT2D eigenvalue weighted by molar-refractivity contribution is 0.687. The second-order valence-electron chi connectivity index (χ2n) is 2.87. The van der Waals surface area contributed by atoms with Crippen molar-refractivity contribution in [3.05, 3.63) is 59.7 Å². The Bertz CT molecular complexity index is 411. The molecule has 14 heavy (non-hydrogen) atoms. The second kappa shape index (κ2) is 4.75. The monoisotopic (exact) mass is 204 g/mol. The highest BCUT2D eigenvalue weighted by Crippen LogP contribution is 2.18. The molecule has 0 N–H and O–H groups in total. The third-order valence-corrected chi connectivity index (χ3v) is 3.25. The van der Waals surface area contributed by atoms with E-state index in [0.29, 0.717) is 4.91 Å². The van der Waals surface area contributed by atoms with Gasteiger partial charge in [-0.1, -0.05) is 31.4 Å². The fraction of sp³-hybridized carbons (Fsp3) is 0.0833. The molecule has 1 aromatic carbocycles. The summed E-state index contributed by atoms with van der Waals surface area (Å²) in [4.78, 5) is 1.32. The maximum Gasteiger partial charge on any atom is 0.0930 e. The molecular weight excluding hydrogens is 192 g/mol. The number of benzene rings is 1. The molecule has 1 nitrogen and oxygen atoms in total. The van der Waals surface area contributed by atoms with Gasteiger partial charge >= 0.3 is 0 Å². The first-order chi connectivity index (χ1) is 6.66. The van der Waals surface area contributed by atoms with Crippen LogP contribution in [-0.2, 0) is 10.8 Å². The average molecular weight is 204 g/mol. The summed E-state index contributed by atoms with van der Waals surface area (Å²) in [6.45, 7) is 9.05. The van der Waals surface area contributed by atoms with E-state index in [9.17, 15) is 4.21 Å². The summed E-state index contributed by atoms with van der Waals surface area (Å²) in [7, 11) is -1.21. The van der Waals surface area contributed by atoms with Gasteiger partial charge in [0, 0.05) is 4.90 Å². The Labute approximate surface area is 86.9 Å². The van der Waals surface area contributed by atoms with Crippen molar-refractivity contribution < 1.29 is 4.21 Å². The van der Waals surface area contributed by atoms with Gasteiger partial charge in [-0.15, -0.1) is 5.73 Å². The molecule has 0 heterocycles. The van der Waals surface area contributed by atoms with Crippen molar-refractivity contribution in [3.63, 3.8) is 0 Å². The van der Waals surface area contributed by atoms with Gasteiger partial charge in [-0.2, -0.15) is 0 Å². The minimum Gasteiger partial charge on any atom is -0.248 e. The number of allylic oxidation sites excluding steroid dienone is 1.